The van der Waals surface area contributed by atoms with Crippen LogP contribution in [0.25, 0.3) is 10.8 Å². The molecule has 4 aromatic carbocycles. The quantitative estimate of drug-likeness (QED) is 0.267. The fourth-order valence-corrected chi connectivity index (χ4v) is 3.88. The largest absolute Gasteiger partial charge is 0.207 e. The molecule has 0 saturated heterocycles. The lowest BCUT2D eigenvalue weighted by atomic mass is 9.99. The van der Waals surface area contributed by atoms with Gasteiger partial charge in [0.2, 0.25) is 0 Å². The minimum absolute atomic E-state index is 0.148. The Labute approximate surface area is 193 Å². The molecule has 0 heterocycles. The molecule has 0 aliphatic heterocycles. The molecule has 0 unspecified atom stereocenters. The third-order valence-electron chi connectivity index (χ3n) is 5.79. The Hall–Kier alpha value is -3.51. The maximum atomic E-state index is 14.4. The van der Waals surface area contributed by atoms with Crippen molar-refractivity contribution in [2.75, 3.05) is 0 Å². The first kappa shape index (κ1) is 22.7. The molecule has 0 fully saturated rings. The summed E-state index contributed by atoms with van der Waals surface area (Å²) in [4.78, 5) is 0. The molecule has 3 heteroatoms. The SMILES string of the molecule is CCCCc1cc(F)c(CCc2ccc(C#Cc3ccc4cc(F)ccc4c3)cc2)c(F)c1. The summed E-state index contributed by atoms with van der Waals surface area (Å²) in [5.74, 6) is 5.10. The maximum absolute atomic E-state index is 14.4. The summed E-state index contributed by atoms with van der Waals surface area (Å²) in [5, 5.41) is 1.78. The summed E-state index contributed by atoms with van der Waals surface area (Å²) in [5.41, 5.74) is 3.58. The van der Waals surface area contributed by atoms with Gasteiger partial charge in [-0.15, -0.1) is 0 Å². The van der Waals surface area contributed by atoms with E-state index in [1.165, 1.54) is 24.3 Å². The molecular weight excluding hydrogens is 417 g/mol. The first-order chi connectivity index (χ1) is 16.0. The molecule has 0 bridgehead atoms. The summed E-state index contributed by atoms with van der Waals surface area (Å²) >= 11 is 0. The van der Waals surface area contributed by atoms with E-state index >= 15 is 0 Å². The zero-order valence-corrected chi connectivity index (χ0v) is 18.6. The minimum atomic E-state index is -0.457. The van der Waals surface area contributed by atoms with Crippen molar-refractivity contribution in [3.8, 4) is 11.8 Å². The molecule has 0 nitrogen and oxygen atoms in total. The third kappa shape index (κ3) is 5.84. The first-order valence-electron chi connectivity index (χ1n) is 11.3. The fourth-order valence-electron chi connectivity index (χ4n) is 3.88. The van der Waals surface area contributed by atoms with E-state index in [0.29, 0.717) is 19.3 Å². The van der Waals surface area contributed by atoms with Gasteiger partial charge in [0.15, 0.2) is 0 Å². The second kappa shape index (κ2) is 10.4. The third-order valence-corrected chi connectivity index (χ3v) is 5.79. The highest BCUT2D eigenvalue weighted by Crippen LogP contribution is 2.20. The highest BCUT2D eigenvalue weighted by molar-refractivity contribution is 5.84. The molecule has 0 saturated carbocycles. The molecule has 4 rings (SSSR count). The van der Waals surface area contributed by atoms with Crippen LogP contribution in [-0.2, 0) is 19.3 Å². The van der Waals surface area contributed by atoms with E-state index < -0.39 is 11.6 Å². The molecule has 0 atom stereocenters. The molecule has 0 spiro atoms. The van der Waals surface area contributed by atoms with Gasteiger partial charge in [-0.05, 0) is 96.1 Å². The number of rotatable bonds is 6. The number of hydrogen-bond donors (Lipinski definition) is 0. The second-order valence-corrected chi connectivity index (χ2v) is 8.29. The molecule has 4 aromatic rings. The number of hydrogen-bond acceptors (Lipinski definition) is 0. The summed E-state index contributed by atoms with van der Waals surface area (Å²) in [6, 6.07) is 21.0. The van der Waals surface area contributed by atoms with E-state index in [-0.39, 0.29) is 11.4 Å². The maximum Gasteiger partial charge on any atom is 0.129 e. The number of fused-ring (bicyclic) bond motifs is 1. The van der Waals surface area contributed by atoms with Crippen LogP contribution in [0.5, 0.6) is 0 Å². The molecule has 0 aliphatic carbocycles. The van der Waals surface area contributed by atoms with Crippen molar-refractivity contribution < 1.29 is 13.2 Å². The van der Waals surface area contributed by atoms with E-state index in [1.54, 1.807) is 6.07 Å². The van der Waals surface area contributed by atoms with Gasteiger partial charge in [0, 0.05) is 16.7 Å². The van der Waals surface area contributed by atoms with Gasteiger partial charge >= 0.3 is 0 Å². The Bertz CT molecular complexity index is 1300. The molecule has 166 valence electrons. The van der Waals surface area contributed by atoms with Crippen LogP contribution in [0.4, 0.5) is 13.2 Å². The normalized spacial score (nSPS) is 10.8. The van der Waals surface area contributed by atoms with Gasteiger partial charge < -0.3 is 0 Å². The smallest absolute Gasteiger partial charge is 0.129 e. The summed E-state index contributed by atoms with van der Waals surface area (Å²) in [7, 11) is 0. The van der Waals surface area contributed by atoms with Crippen molar-refractivity contribution in [1.82, 2.24) is 0 Å². The van der Waals surface area contributed by atoms with Crippen LogP contribution < -0.4 is 0 Å². The lowest BCUT2D eigenvalue weighted by Gasteiger charge is -2.08. The predicted molar refractivity (Wildman–Crippen MR) is 129 cm³/mol. The summed E-state index contributed by atoms with van der Waals surface area (Å²) < 4.78 is 42.1. The first-order valence-corrected chi connectivity index (χ1v) is 11.3. The van der Waals surface area contributed by atoms with Gasteiger partial charge in [0.1, 0.15) is 17.5 Å². The van der Waals surface area contributed by atoms with E-state index in [4.69, 9.17) is 0 Å². The average molecular weight is 443 g/mol. The van der Waals surface area contributed by atoms with E-state index in [2.05, 4.69) is 18.8 Å². The van der Waals surface area contributed by atoms with Crippen molar-refractivity contribution in [2.24, 2.45) is 0 Å². The highest BCUT2D eigenvalue weighted by atomic mass is 19.1. The van der Waals surface area contributed by atoms with Crippen LogP contribution in [0.15, 0.2) is 72.8 Å². The minimum Gasteiger partial charge on any atom is -0.207 e. The zero-order chi connectivity index (χ0) is 23.2. The van der Waals surface area contributed by atoms with E-state index in [1.807, 2.05) is 42.5 Å². The van der Waals surface area contributed by atoms with Crippen LogP contribution in [0.2, 0.25) is 0 Å². The van der Waals surface area contributed by atoms with Crippen molar-refractivity contribution >= 4 is 10.8 Å². The van der Waals surface area contributed by atoms with E-state index in [9.17, 15) is 13.2 Å². The van der Waals surface area contributed by atoms with Crippen molar-refractivity contribution in [1.29, 1.82) is 0 Å². The number of aryl methyl sites for hydroxylation is 2. The van der Waals surface area contributed by atoms with Crippen molar-refractivity contribution in [3.05, 3.63) is 118 Å². The number of halogens is 3. The van der Waals surface area contributed by atoms with Crippen molar-refractivity contribution in [3.63, 3.8) is 0 Å². The summed E-state index contributed by atoms with van der Waals surface area (Å²) in [6.07, 6.45) is 3.49. The molecule has 0 aromatic heterocycles. The Balaban J connectivity index is 1.41. The van der Waals surface area contributed by atoms with Gasteiger partial charge in [-0.2, -0.15) is 0 Å². The molecular formula is C30H25F3. The standard InChI is InChI=1S/C30H25F3/c1-2-3-4-24-18-29(32)28(30(33)19-24)16-12-22-7-5-21(6-8-22)9-10-23-11-13-26-20-27(31)15-14-25(26)17-23/h5-8,11,13-15,17-20H,2-4,12,16H2,1H3. The number of benzene rings is 4. The van der Waals surface area contributed by atoms with Gasteiger partial charge in [-0.1, -0.05) is 49.5 Å². The Morgan fingerprint density at radius 3 is 1.97 bits per heavy atom. The van der Waals surface area contributed by atoms with E-state index in [0.717, 1.165) is 45.9 Å². The molecule has 0 aliphatic rings. The summed E-state index contributed by atoms with van der Waals surface area (Å²) in [6.45, 7) is 2.06. The topological polar surface area (TPSA) is 0 Å². The zero-order valence-electron chi connectivity index (χ0n) is 18.6. The Kier molecular flexibility index (Phi) is 7.15. The Morgan fingerprint density at radius 2 is 1.24 bits per heavy atom. The fraction of sp³-hybridized carbons (Fsp3) is 0.200. The molecule has 0 amide bonds. The molecule has 0 N–H and O–H groups in total. The highest BCUT2D eigenvalue weighted by Gasteiger charge is 2.11. The van der Waals surface area contributed by atoms with Gasteiger partial charge in [0.05, 0.1) is 0 Å². The second-order valence-electron chi connectivity index (χ2n) is 8.29. The lowest BCUT2D eigenvalue weighted by molar-refractivity contribution is 0.550. The lowest BCUT2D eigenvalue weighted by Crippen LogP contribution is -2.01. The number of unbranched alkanes of at least 4 members (excludes halogenated alkanes) is 1. The Morgan fingerprint density at radius 1 is 0.606 bits per heavy atom. The van der Waals surface area contributed by atoms with Crippen LogP contribution in [0.1, 0.15) is 47.6 Å². The molecule has 33 heavy (non-hydrogen) atoms. The predicted octanol–water partition coefficient (Wildman–Crippen LogP) is 7.78. The monoisotopic (exact) mass is 442 g/mol. The van der Waals surface area contributed by atoms with Crippen LogP contribution >= 0.6 is 0 Å². The molecule has 0 radical (unpaired) electrons. The average Bonchev–Trinajstić information content (AvgIpc) is 2.81. The van der Waals surface area contributed by atoms with Gasteiger partial charge in [-0.3, -0.25) is 0 Å². The van der Waals surface area contributed by atoms with Crippen LogP contribution in [0.3, 0.4) is 0 Å². The van der Waals surface area contributed by atoms with Gasteiger partial charge in [0.25, 0.3) is 0 Å². The van der Waals surface area contributed by atoms with Crippen molar-refractivity contribution in [2.45, 2.75) is 39.0 Å². The van der Waals surface area contributed by atoms with Crippen LogP contribution in [0, 0.1) is 29.3 Å². The van der Waals surface area contributed by atoms with Crippen LogP contribution in [-0.4, -0.2) is 0 Å². The van der Waals surface area contributed by atoms with Gasteiger partial charge in [-0.25, -0.2) is 13.2 Å².